The molecular weight excluding hydrogens is 388 g/mol. The van der Waals surface area contributed by atoms with Gasteiger partial charge in [0.05, 0.1) is 26.9 Å². The van der Waals surface area contributed by atoms with E-state index >= 15 is 0 Å². The van der Waals surface area contributed by atoms with Crippen LogP contribution in [0.2, 0.25) is 0 Å². The largest absolute Gasteiger partial charge is 0.497 e. The lowest BCUT2D eigenvalue weighted by Crippen LogP contribution is -2.08. The van der Waals surface area contributed by atoms with E-state index in [0.29, 0.717) is 39.3 Å². The van der Waals surface area contributed by atoms with Gasteiger partial charge in [0.1, 0.15) is 22.8 Å². The quantitative estimate of drug-likeness (QED) is 0.466. The summed E-state index contributed by atoms with van der Waals surface area (Å²) in [6.45, 7) is 0. The molecule has 0 saturated carbocycles. The Balaban J connectivity index is 2.33. The fraction of sp³-hybridized carbons (Fsp3) is 0.211. The fourth-order valence-corrected chi connectivity index (χ4v) is 3.37. The molecular formula is C19H17BrO5. The Hall–Kier alpha value is -2.47. The van der Waals surface area contributed by atoms with E-state index in [-0.39, 0.29) is 0 Å². The molecule has 0 fully saturated rings. The van der Waals surface area contributed by atoms with Crippen LogP contribution in [0.15, 0.2) is 45.6 Å². The van der Waals surface area contributed by atoms with Crippen molar-refractivity contribution >= 4 is 26.9 Å². The van der Waals surface area contributed by atoms with Gasteiger partial charge in [-0.1, -0.05) is 15.9 Å². The minimum absolute atomic E-state index is 0.432. The van der Waals surface area contributed by atoms with Crippen molar-refractivity contribution in [1.82, 2.24) is 0 Å². The van der Waals surface area contributed by atoms with Crippen LogP contribution in [-0.2, 0) is 5.33 Å². The zero-order valence-corrected chi connectivity index (χ0v) is 15.7. The molecule has 0 aliphatic carbocycles. The van der Waals surface area contributed by atoms with E-state index in [1.165, 1.54) is 0 Å². The SMILES string of the molecule is COc1ccc(-c2c(CBr)c3ccc(OC)cc3oc2=O)c(OC)c1. The molecule has 0 atom stereocenters. The molecule has 0 unspecified atom stereocenters. The molecule has 25 heavy (non-hydrogen) atoms. The van der Waals surface area contributed by atoms with E-state index in [1.54, 1.807) is 45.6 Å². The molecule has 130 valence electrons. The van der Waals surface area contributed by atoms with E-state index in [9.17, 15) is 4.79 Å². The number of fused-ring (bicyclic) bond motifs is 1. The smallest absolute Gasteiger partial charge is 0.344 e. The van der Waals surface area contributed by atoms with Crippen molar-refractivity contribution in [2.75, 3.05) is 21.3 Å². The molecule has 1 heterocycles. The first kappa shape index (κ1) is 17.4. The molecule has 6 heteroatoms. The van der Waals surface area contributed by atoms with Crippen LogP contribution in [0, 0.1) is 0 Å². The number of alkyl halides is 1. The van der Waals surface area contributed by atoms with Gasteiger partial charge in [-0.3, -0.25) is 0 Å². The average Bonchev–Trinajstić information content (AvgIpc) is 2.65. The lowest BCUT2D eigenvalue weighted by atomic mass is 9.98. The Morgan fingerprint density at radius 2 is 1.64 bits per heavy atom. The highest BCUT2D eigenvalue weighted by atomic mass is 79.9. The van der Waals surface area contributed by atoms with Gasteiger partial charge in [0.15, 0.2) is 0 Å². The van der Waals surface area contributed by atoms with Crippen molar-refractivity contribution in [2.24, 2.45) is 0 Å². The van der Waals surface area contributed by atoms with Gasteiger partial charge >= 0.3 is 5.63 Å². The van der Waals surface area contributed by atoms with Crippen LogP contribution in [0.3, 0.4) is 0 Å². The molecule has 0 amide bonds. The standard InChI is InChI=1S/C19H17BrO5/c1-22-11-5-7-14(16(8-11)24-3)18-15(10-20)13-6-4-12(23-2)9-17(13)25-19(18)21/h4-9H,10H2,1-3H3. The first-order chi connectivity index (χ1) is 12.1. The second kappa shape index (κ2) is 7.19. The maximum atomic E-state index is 12.7. The Kier molecular flexibility index (Phi) is 4.99. The molecule has 0 radical (unpaired) electrons. The summed E-state index contributed by atoms with van der Waals surface area (Å²) >= 11 is 3.49. The summed E-state index contributed by atoms with van der Waals surface area (Å²) in [5.41, 5.74) is 2.00. The van der Waals surface area contributed by atoms with Gasteiger partial charge < -0.3 is 18.6 Å². The highest BCUT2D eigenvalue weighted by molar-refractivity contribution is 9.08. The van der Waals surface area contributed by atoms with Gasteiger partial charge in [-0.15, -0.1) is 0 Å². The molecule has 0 aliphatic rings. The van der Waals surface area contributed by atoms with Crippen LogP contribution < -0.4 is 19.8 Å². The van der Waals surface area contributed by atoms with Gasteiger partial charge in [0.2, 0.25) is 0 Å². The first-order valence-electron chi connectivity index (χ1n) is 7.55. The zero-order chi connectivity index (χ0) is 18.0. The number of methoxy groups -OCH3 is 3. The number of benzene rings is 2. The lowest BCUT2D eigenvalue weighted by molar-refractivity contribution is 0.395. The Labute approximate surface area is 153 Å². The third-order valence-electron chi connectivity index (χ3n) is 4.03. The summed E-state index contributed by atoms with van der Waals surface area (Å²) in [5, 5.41) is 1.33. The molecule has 0 spiro atoms. The van der Waals surface area contributed by atoms with Crippen LogP contribution >= 0.6 is 15.9 Å². The van der Waals surface area contributed by atoms with E-state index in [1.807, 2.05) is 12.1 Å². The minimum Gasteiger partial charge on any atom is -0.497 e. The van der Waals surface area contributed by atoms with E-state index in [4.69, 9.17) is 18.6 Å². The van der Waals surface area contributed by atoms with Crippen LogP contribution in [0.1, 0.15) is 5.56 Å². The number of halogens is 1. The second-order valence-corrected chi connectivity index (χ2v) is 5.87. The summed E-state index contributed by atoms with van der Waals surface area (Å²) in [4.78, 5) is 12.7. The summed E-state index contributed by atoms with van der Waals surface area (Å²) in [7, 11) is 4.71. The van der Waals surface area contributed by atoms with Gasteiger partial charge in [0, 0.05) is 28.4 Å². The van der Waals surface area contributed by atoms with E-state index in [0.717, 1.165) is 10.9 Å². The third kappa shape index (κ3) is 3.09. The van der Waals surface area contributed by atoms with Crippen molar-refractivity contribution in [3.05, 3.63) is 52.4 Å². The van der Waals surface area contributed by atoms with E-state index < -0.39 is 5.63 Å². The van der Waals surface area contributed by atoms with Gasteiger partial charge in [-0.25, -0.2) is 4.79 Å². The molecule has 1 aromatic heterocycles. The summed E-state index contributed by atoms with van der Waals surface area (Å²) < 4.78 is 21.4. The normalized spacial score (nSPS) is 10.7. The number of ether oxygens (including phenoxy) is 3. The van der Waals surface area contributed by atoms with Crippen molar-refractivity contribution in [3.8, 4) is 28.4 Å². The summed E-state index contributed by atoms with van der Waals surface area (Å²) in [6, 6.07) is 10.7. The molecule has 0 bridgehead atoms. The highest BCUT2D eigenvalue weighted by Crippen LogP contribution is 2.37. The summed E-state index contributed by atoms with van der Waals surface area (Å²) in [6.07, 6.45) is 0. The predicted molar refractivity (Wildman–Crippen MR) is 100 cm³/mol. The van der Waals surface area contributed by atoms with Gasteiger partial charge in [-0.05, 0) is 29.8 Å². The van der Waals surface area contributed by atoms with Crippen molar-refractivity contribution < 1.29 is 18.6 Å². The van der Waals surface area contributed by atoms with Crippen molar-refractivity contribution in [1.29, 1.82) is 0 Å². The predicted octanol–water partition coefficient (Wildman–Crippen LogP) is 4.38. The van der Waals surface area contributed by atoms with Gasteiger partial charge in [-0.2, -0.15) is 0 Å². The molecule has 3 rings (SSSR count). The van der Waals surface area contributed by atoms with Crippen LogP contribution in [0.4, 0.5) is 0 Å². The zero-order valence-electron chi connectivity index (χ0n) is 14.1. The van der Waals surface area contributed by atoms with Crippen LogP contribution in [0.25, 0.3) is 22.1 Å². The summed E-state index contributed by atoms with van der Waals surface area (Å²) in [5.74, 6) is 1.82. The van der Waals surface area contributed by atoms with Crippen LogP contribution in [0.5, 0.6) is 17.2 Å². The molecule has 5 nitrogen and oxygen atoms in total. The molecule has 3 aromatic rings. The van der Waals surface area contributed by atoms with Crippen molar-refractivity contribution in [2.45, 2.75) is 5.33 Å². The second-order valence-electron chi connectivity index (χ2n) is 5.31. The Bertz CT molecular complexity index is 977. The Morgan fingerprint density at radius 3 is 2.28 bits per heavy atom. The number of hydrogen-bond acceptors (Lipinski definition) is 5. The van der Waals surface area contributed by atoms with Crippen LogP contribution in [-0.4, -0.2) is 21.3 Å². The van der Waals surface area contributed by atoms with E-state index in [2.05, 4.69) is 15.9 Å². The highest BCUT2D eigenvalue weighted by Gasteiger charge is 2.19. The fourth-order valence-electron chi connectivity index (χ4n) is 2.79. The monoisotopic (exact) mass is 404 g/mol. The molecule has 0 aliphatic heterocycles. The molecule has 0 N–H and O–H groups in total. The Morgan fingerprint density at radius 1 is 0.960 bits per heavy atom. The molecule has 0 saturated heterocycles. The maximum Gasteiger partial charge on any atom is 0.344 e. The average molecular weight is 405 g/mol. The maximum absolute atomic E-state index is 12.7. The number of rotatable bonds is 5. The lowest BCUT2D eigenvalue weighted by Gasteiger charge is -2.14. The molecule has 2 aromatic carbocycles. The topological polar surface area (TPSA) is 57.9 Å². The van der Waals surface area contributed by atoms with Gasteiger partial charge in [0.25, 0.3) is 0 Å². The first-order valence-corrected chi connectivity index (χ1v) is 8.67. The third-order valence-corrected chi connectivity index (χ3v) is 4.59. The van der Waals surface area contributed by atoms with Crippen molar-refractivity contribution in [3.63, 3.8) is 0 Å². The minimum atomic E-state index is -0.432. The number of hydrogen-bond donors (Lipinski definition) is 0.